The van der Waals surface area contributed by atoms with Crippen molar-refractivity contribution >= 4 is 23.0 Å². The van der Waals surface area contributed by atoms with Gasteiger partial charge in [0, 0.05) is 24.1 Å². The topological polar surface area (TPSA) is 58.4 Å². The molecule has 0 radical (unpaired) electrons. The number of anilines is 3. The van der Waals surface area contributed by atoms with E-state index in [-0.39, 0.29) is 18.3 Å². The summed E-state index contributed by atoms with van der Waals surface area (Å²) < 4.78 is 13.0. The minimum Gasteiger partial charge on any atom is -0.399 e. The maximum absolute atomic E-state index is 13.0. The van der Waals surface area contributed by atoms with Gasteiger partial charge in [-0.1, -0.05) is 12.1 Å². The van der Waals surface area contributed by atoms with E-state index >= 15 is 0 Å². The number of nitrogens with zero attached hydrogens (tertiary/aromatic N) is 1. The molecule has 20 heavy (non-hydrogen) atoms. The van der Waals surface area contributed by atoms with Gasteiger partial charge in [-0.15, -0.1) is 0 Å². The van der Waals surface area contributed by atoms with Crippen LogP contribution in [0.15, 0.2) is 48.5 Å². The molecule has 0 unspecified atom stereocenters. The number of hydrogen-bond acceptors (Lipinski definition) is 3. The molecule has 2 aromatic rings. The van der Waals surface area contributed by atoms with Gasteiger partial charge in [-0.25, -0.2) is 4.39 Å². The Labute approximate surface area is 117 Å². The Morgan fingerprint density at radius 3 is 2.70 bits per heavy atom. The summed E-state index contributed by atoms with van der Waals surface area (Å²) in [4.78, 5) is 13.7. The van der Waals surface area contributed by atoms with Crippen molar-refractivity contribution in [1.29, 1.82) is 0 Å². The fourth-order valence-electron chi connectivity index (χ4n) is 1.84. The van der Waals surface area contributed by atoms with Crippen LogP contribution in [-0.2, 0) is 4.79 Å². The standard InChI is InChI=1S/C15H16FN3O/c1-19(14-7-3-5-12(17)9-14)10-15(20)18-13-6-2-4-11(16)8-13/h2-9H,10,17H2,1H3,(H,18,20). The van der Waals surface area contributed by atoms with Gasteiger partial charge in [0.15, 0.2) is 0 Å². The number of nitrogens with two attached hydrogens (primary N) is 1. The van der Waals surface area contributed by atoms with Gasteiger partial charge < -0.3 is 16.0 Å². The minimum atomic E-state index is -0.382. The normalized spacial score (nSPS) is 10.1. The second-order valence-corrected chi connectivity index (χ2v) is 4.51. The average molecular weight is 273 g/mol. The van der Waals surface area contributed by atoms with E-state index in [1.54, 1.807) is 36.2 Å². The van der Waals surface area contributed by atoms with Crippen LogP contribution in [-0.4, -0.2) is 19.5 Å². The quantitative estimate of drug-likeness (QED) is 0.841. The van der Waals surface area contributed by atoms with Gasteiger partial charge in [0.2, 0.25) is 5.91 Å². The molecule has 2 aromatic carbocycles. The van der Waals surface area contributed by atoms with Gasteiger partial charge in [-0.2, -0.15) is 0 Å². The zero-order chi connectivity index (χ0) is 14.5. The summed E-state index contributed by atoms with van der Waals surface area (Å²) in [6, 6.07) is 13.1. The number of benzene rings is 2. The van der Waals surface area contributed by atoms with Crippen molar-refractivity contribution in [2.45, 2.75) is 0 Å². The molecular weight excluding hydrogens is 257 g/mol. The molecule has 0 aliphatic rings. The number of nitrogens with one attached hydrogen (secondary N) is 1. The van der Waals surface area contributed by atoms with Gasteiger partial charge in [0.1, 0.15) is 5.82 Å². The van der Waals surface area contributed by atoms with Gasteiger partial charge in [0.05, 0.1) is 6.54 Å². The largest absolute Gasteiger partial charge is 0.399 e. The van der Waals surface area contributed by atoms with E-state index in [1.165, 1.54) is 12.1 Å². The van der Waals surface area contributed by atoms with Crippen molar-refractivity contribution in [1.82, 2.24) is 0 Å². The Morgan fingerprint density at radius 1 is 1.25 bits per heavy atom. The third kappa shape index (κ3) is 3.71. The molecule has 0 aliphatic heterocycles. The van der Waals surface area contributed by atoms with Crippen LogP contribution < -0.4 is 16.0 Å². The summed E-state index contributed by atoms with van der Waals surface area (Å²) in [5.74, 6) is -0.604. The number of carbonyl (C=O) groups is 1. The molecule has 4 nitrogen and oxygen atoms in total. The Balaban J connectivity index is 1.97. The number of hydrogen-bond donors (Lipinski definition) is 2. The number of rotatable bonds is 4. The summed E-state index contributed by atoms with van der Waals surface area (Å²) >= 11 is 0. The van der Waals surface area contributed by atoms with Crippen molar-refractivity contribution in [2.24, 2.45) is 0 Å². The third-order valence-corrected chi connectivity index (χ3v) is 2.80. The number of amides is 1. The lowest BCUT2D eigenvalue weighted by molar-refractivity contribution is -0.114. The van der Waals surface area contributed by atoms with Crippen molar-refractivity contribution in [3.8, 4) is 0 Å². The van der Waals surface area contributed by atoms with Gasteiger partial charge >= 0.3 is 0 Å². The number of likely N-dealkylation sites (N-methyl/N-ethyl adjacent to an activating group) is 1. The van der Waals surface area contributed by atoms with Crippen molar-refractivity contribution in [3.05, 3.63) is 54.3 Å². The lowest BCUT2D eigenvalue weighted by Gasteiger charge is -2.19. The zero-order valence-corrected chi connectivity index (χ0v) is 11.1. The molecule has 0 bridgehead atoms. The van der Waals surface area contributed by atoms with Crippen LogP contribution in [0.5, 0.6) is 0 Å². The highest BCUT2D eigenvalue weighted by Crippen LogP contribution is 2.16. The molecule has 0 atom stereocenters. The molecule has 0 spiro atoms. The molecule has 104 valence electrons. The molecule has 0 fully saturated rings. The van der Waals surface area contributed by atoms with Gasteiger partial charge in [0.25, 0.3) is 0 Å². The number of nitrogen functional groups attached to an aromatic ring is 1. The van der Waals surface area contributed by atoms with Crippen LogP contribution >= 0.6 is 0 Å². The monoisotopic (exact) mass is 273 g/mol. The first-order valence-corrected chi connectivity index (χ1v) is 6.17. The molecule has 3 N–H and O–H groups in total. The summed E-state index contributed by atoms with van der Waals surface area (Å²) in [6.45, 7) is 0.153. The van der Waals surface area contributed by atoms with Gasteiger partial charge in [-0.05, 0) is 36.4 Å². The molecule has 0 aliphatic carbocycles. The Bertz CT molecular complexity index is 616. The molecule has 5 heteroatoms. The fraction of sp³-hybridized carbons (Fsp3) is 0.133. The summed E-state index contributed by atoms with van der Waals surface area (Å²) in [5, 5.41) is 2.65. The summed E-state index contributed by atoms with van der Waals surface area (Å²) in [6.07, 6.45) is 0. The van der Waals surface area contributed by atoms with Crippen LogP contribution in [0.2, 0.25) is 0 Å². The van der Waals surface area contributed by atoms with E-state index < -0.39 is 0 Å². The number of halogens is 1. The fourth-order valence-corrected chi connectivity index (χ4v) is 1.84. The highest BCUT2D eigenvalue weighted by molar-refractivity contribution is 5.94. The third-order valence-electron chi connectivity index (χ3n) is 2.80. The van der Waals surface area contributed by atoms with E-state index in [2.05, 4.69) is 5.32 Å². The highest BCUT2D eigenvalue weighted by atomic mass is 19.1. The number of carbonyl (C=O) groups excluding carboxylic acids is 1. The van der Waals surface area contributed by atoms with E-state index in [1.807, 2.05) is 12.1 Å². The first-order chi connectivity index (χ1) is 9.54. The van der Waals surface area contributed by atoms with Crippen LogP contribution in [0.25, 0.3) is 0 Å². The van der Waals surface area contributed by atoms with Crippen molar-refractivity contribution in [3.63, 3.8) is 0 Å². The smallest absolute Gasteiger partial charge is 0.243 e. The van der Waals surface area contributed by atoms with E-state index in [0.717, 1.165) is 5.69 Å². The predicted molar refractivity (Wildman–Crippen MR) is 79.2 cm³/mol. The van der Waals surface area contributed by atoms with Crippen LogP contribution in [0.4, 0.5) is 21.5 Å². The summed E-state index contributed by atoms with van der Waals surface area (Å²) in [7, 11) is 1.79. The van der Waals surface area contributed by atoms with E-state index in [4.69, 9.17) is 5.73 Å². The second-order valence-electron chi connectivity index (χ2n) is 4.51. The molecule has 0 heterocycles. The molecule has 0 aromatic heterocycles. The van der Waals surface area contributed by atoms with Crippen LogP contribution in [0, 0.1) is 5.82 Å². The zero-order valence-electron chi connectivity index (χ0n) is 11.1. The molecule has 2 rings (SSSR count). The Kier molecular flexibility index (Phi) is 4.20. The molecule has 1 amide bonds. The van der Waals surface area contributed by atoms with Gasteiger partial charge in [-0.3, -0.25) is 4.79 Å². The molecular formula is C15H16FN3O. The first-order valence-electron chi connectivity index (χ1n) is 6.17. The first kappa shape index (κ1) is 13.9. The minimum absolute atomic E-state index is 0.153. The Morgan fingerprint density at radius 2 is 2.00 bits per heavy atom. The maximum Gasteiger partial charge on any atom is 0.243 e. The molecule has 0 saturated heterocycles. The Hall–Kier alpha value is -2.56. The van der Waals surface area contributed by atoms with Crippen LogP contribution in [0.3, 0.4) is 0 Å². The highest BCUT2D eigenvalue weighted by Gasteiger charge is 2.08. The second kappa shape index (κ2) is 6.06. The van der Waals surface area contributed by atoms with Crippen LogP contribution in [0.1, 0.15) is 0 Å². The predicted octanol–water partition coefficient (Wildman–Crippen LogP) is 2.48. The van der Waals surface area contributed by atoms with Crippen molar-refractivity contribution < 1.29 is 9.18 Å². The SMILES string of the molecule is CN(CC(=O)Nc1cccc(F)c1)c1cccc(N)c1. The maximum atomic E-state index is 13.0. The van der Waals surface area contributed by atoms with Crippen molar-refractivity contribution in [2.75, 3.05) is 29.5 Å². The van der Waals surface area contributed by atoms with E-state index in [9.17, 15) is 9.18 Å². The van der Waals surface area contributed by atoms with E-state index in [0.29, 0.717) is 11.4 Å². The lowest BCUT2D eigenvalue weighted by Crippen LogP contribution is -2.30. The summed E-state index contributed by atoms with van der Waals surface area (Å²) in [5.41, 5.74) is 7.62. The molecule has 0 saturated carbocycles. The average Bonchev–Trinajstić information content (AvgIpc) is 2.38. The lowest BCUT2D eigenvalue weighted by atomic mass is 10.2.